The van der Waals surface area contributed by atoms with Gasteiger partial charge in [0.1, 0.15) is 5.60 Å². The van der Waals surface area contributed by atoms with Gasteiger partial charge in [0.05, 0.1) is 45.8 Å². The number of nitrogens with one attached hydrogen (secondary N) is 1. The van der Waals surface area contributed by atoms with Gasteiger partial charge in [0.2, 0.25) is 24.4 Å². The Morgan fingerprint density at radius 2 is 1.80 bits per heavy atom. The zero-order valence-corrected chi connectivity index (χ0v) is 19.4. The first-order valence-electron chi connectivity index (χ1n) is 11.2. The van der Waals surface area contributed by atoms with E-state index in [1.165, 1.54) is 21.3 Å². The first-order valence-corrected chi connectivity index (χ1v) is 11.2. The van der Waals surface area contributed by atoms with E-state index in [9.17, 15) is 9.59 Å². The molecule has 2 aromatic rings. The van der Waals surface area contributed by atoms with Crippen molar-refractivity contribution in [3.05, 3.63) is 42.5 Å². The maximum Gasteiger partial charge on any atom is 0.234 e. The SMILES string of the molecule is COc1cc(NC(=O)C2C3C(=O)N(c4ccc5c(c4)OCO5)CC34C=C[C@@H]2O4)cc(OC)c1OC. The molecule has 0 aliphatic carbocycles. The Hall–Kier alpha value is -3.92. The van der Waals surface area contributed by atoms with E-state index in [0.717, 1.165) is 0 Å². The van der Waals surface area contributed by atoms with Crippen molar-refractivity contribution in [2.24, 2.45) is 11.8 Å². The minimum atomic E-state index is -0.852. The maximum atomic E-state index is 13.6. The lowest BCUT2D eigenvalue weighted by Gasteiger charge is -2.24. The highest BCUT2D eigenvalue weighted by molar-refractivity contribution is 6.05. The van der Waals surface area contributed by atoms with E-state index >= 15 is 0 Å². The predicted molar refractivity (Wildman–Crippen MR) is 123 cm³/mol. The lowest BCUT2D eigenvalue weighted by atomic mass is 9.77. The average Bonchev–Trinajstić information content (AvgIpc) is 3.63. The highest BCUT2D eigenvalue weighted by atomic mass is 16.7. The van der Waals surface area contributed by atoms with Gasteiger partial charge in [-0.05, 0) is 12.1 Å². The van der Waals surface area contributed by atoms with Crippen molar-refractivity contribution in [3.63, 3.8) is 0 Å². The number of rotatable bonds is 6. The Morgan fingerprint density at radius 3 is 2.51 bits per heavy atom. The molecule has 1 spiro atoms. The molecule has 4 heterocycles. The Balaban J connectivity index is 1.28. The molecule has 0 aromatic heterocycles. The summed E-state index contributed by atoms with van der Waals surface area (Å²) in [5.74, 6) is 0.643. The van der Waals surface area contributed by atoms with Gasteiger partial charge in [-0.1, -0.05) is 12.2 Å². The molecule has 6 rings (SSSR count). The summed E-state index contributed by atoms with van der Waals surface area (Å²) in [6.45, 7) is 0.465. The van der Waals surface area contributed by atoms with Crippen molar-refractivity contribution >= 4 is 23.2 Å². The van der Waals surface area contributed by atoms with Gasteiger partial charge in [0.15, 0.2) is 23.0 Å². The number of methoxy groups -OCH3 is 3. The number of carbonyl (C=O) groups excluding carboxylic acids is 2. The average molecular weight is 480 g/mol. The summed E-state index contributed by atoms with van der Waals surface area (Å²) in [5.41, 5.74) is 0.283. The molecular formula is C25H24N2O8. The first-order chi connectivity index (χ1) is 17.0. The lowest BCUT2D eigenvalue weighted by molar-refractivity contribution is -0.128. The number of fused-ring (bicyclic) bond motifs is 2. The van der Waals surface area contributed by atoms with E-state index < -0.39 is 23.5 Å². The zero-order chi connectivity index (χ0) is 24.3. The van der Waals surface area contributed by atoms with Crippen molar-refractivity contribution in [2.75, 3.05) is 44.9 Å². The van der Waals surface area contributed by atoms with Crippen molar-refractivity contribution in [1.29, 1.82) is 0 Å². The molecule has 4 aliphatic rings. The smallest absolute Gasteiger partial charge is 0.234 e. The summed E-state index contributed by atoms with van der Waals surface area (Å²) >= 11 is 0. The molecule has 4 atom stereocenters. The minimum Gasteiger partial charge on any atom is -0.493 e. The number of nitrogens with zero attached hydrogens (tertiary/aromatic N) is 1. The molecule has 182 valence electrons. The number of hydrogen-bond acceptors (Lipinski definition) is 8. The van der Waals surface area contributed by atoms with Gasteiger partial charge in [0.25, 0.3) is 0 Å². The van der Waals surface area contributed by atoms with Crippen LogP contribution in [-0.2, 0) is 14.3 Å². The van der Waals surface area contributed by atoms with Gasteiger partial charge >= 0.3 is 0 Å². The monoisotopic (exact) mass is 480 g/mol. The molecule has 10 nitrogen and oxygen atoms in total. The number of anilines is 2. The summed E-state index contributed by atoms with van der Waals surface area (Å²) in [6.07, 6.45) is 3.30. The van der Waals surface area contributed by atoms with Gasteiger partial charge in [0, 0.05) is 29.6 Å². The molecule has 2 amide bonds. The molecule has 2 bridgehead atoms. The van der Waals surface area contributed by atoms with Crippen LogP contribution in [0.3, 0.4) is 0 Å². The highest BCUT2D eigenvalue weighted by Crippen LogP contribution is 2.53. The van der Waals surface area contributed by atoms with Crippen LogP contribution in [0.25, 0.3) is 0 Å². The van der Waals surface area contributed by atoms with E-state index in [1.807, 2.05) is 18.2 Å². The van der Waals surface area contributed by atoms with Crippen molar-refractivity contribution in [3.8, 4) is 28.7 Å². The number of ether oxygens (including phenoxy) is 6. The summed E-state index contributed by atoms with van der Waals surface area (Å²) in [5, 5.41) is 2.91. The highest BCUT2D eigenvalue weighted by Gasteiger charge is 2.67. The van der Waals surface area contributed by atoms with Crippen LogP contribution in [0.15, 0.2) is 42.5 Å². The lowest BCUT2D eigenvalue weighted by Crippen LogP contribution is -2.41. The summed E-state index contributed by atoms with van der Waals surface area (Å²) < 4.78 is 33.2. The van der Waals surface area contributed by atoms with Crippen molar-refractivity contribution in [1.82, 2.24) is 0 Å². The van der Waals surface area contributed by atoms with Crippen molar-refractivity contribution < 1.29 is 38.0 Å². The summed E-state index contributed by atoms with van der Waals surface area (Å²) in [7, 11) is 4.51. The van der Waals surface area contributed by atoms with Gasteiger partial charge in [-0.3, -0.25) is 9.59 Å². The molecule has 35 heavy (non-hydrogen) atoms. The maximum absolute atomic E-state index is 13.6. The van der Waals surface area contributed by atoms with Crippen LogP contribution < -0.4 is 33.9 Å². The number of benzene rings is 2. The van der Waals surface area contributed by atoms with Crippen LogP contribution >= 0.6 is 0 Å². The molecule has 1 N–H and O–H groups in total. The van der Waals surface area contributed by atoms with Gasteiger partial charge in [-0.25, -0.2) is 0 Å². The largest absolute Gasteiger partial charge is 0.493 e. The van der Waals surface area contributed by atoms with Crippen LogP contribution in [0.5, 0.6) is 28.7 Å². The van der Waals surface area contributed by atoms with E-state index in [1.54, 1.807) is 29.2 Å². The molecule has 3 unspecified atom stereocenters. The third kappa shape index (κ3) is 3.13. The Kier molecular flexibility index (Phi) is 4.82. The second kappa shape index (κ2) is 7.81. The molecular weight excluding hydrogens is 456 g/mol. The molecule has 2 saturated heterocycles. The van der Waals surface area contributed by atoms with Gasteiger partial charge in [-0.2, -0.15) is 0 Å². The topological polar surface area (TPSA) is 105 Å². The summed E-state index contributed by atoms with van der Waals surface area (Å²) in [6, 6.07) is 8.66. The summed E-state index contributed by atoms with van der Waals surface area (Å²) in [4.78, 5) is 28.8. The van der Waals surface area contributed by atoms with Crippen LogP contribution in [0, 0.1) is 11.8 Å². The minimum absolute atomic E-state index is 0.149. The van der Waals surface area contributed by atoms with E-state index in [2.05, 4.69) is 5.32 Å². The van der Waals surface area contributed by atoms with E-state index in [0.29, 0.717) is 46.7 Å². The van der Waals surface area contributed by atoms with Crippen LogP contribution in [0.2, 0.25) is 0 Å². The first kappa shape index (κ1) is 21.6. The van der Waals surface area contributed by atoms with Crippen LogP contribution in [-0.4, -0.2) is 58.2 Å². The van der Waals surface area contributed by atoms with E-state index in [4.69, 9.17) is 28.4 Å². The number of hydrogen-bond donors (Lipinski definition) is 1. The third-order valence-electron chi connectivity index (χ3n) is 7.00. The Morgan fingerprint density at radius 1 is 1.06 bits per heavy atom. The normalized spacial score (nSPS) is 27.2. The molecule has 0 saturated carbocycles. The fourth-order valence-electron chi connectivity index (χ4n) is 5.45. The van der Waals surface area contributed by atoms with Crippen LogP contribution in [0.4, 0.5) is 11.4 Å². The van der Waals surface area contributed by atoms with Crippen LogP contribution in [0.1, 0.15) is 0 Å². The Labute approximate surface area is 201 Å². The molecule has 2 aromatic carbocycles. The molecule has 2 fully saturated rings. The third-order valence-corrected chi connectivity index (χ3v) is 7.00. The number of carbonyl (C=O) groups is 2. The fraction of sp³-hybridized carbons (Fsp3) is 0.360. The quantitative estimate of drug-likeness (QED) is 0.629. The number of amides is 2. The second-order valence-corrected chi connectivity index (χ2v) is 8.77. The fourth-order valence-corrected chi connectivity index (χ4v) is 5.45. The predicted octanol–water partition coefficient (Wildman–Crippen LogP) is 2.37. The Bertz CT molecular complexity index is 1240. The molecule has 4 aliphatic heterocycles. The van der Waals surface area contributed by atoms with Crippen molar-refractivity contribution in [2.45, 2.75) is 11.7 Å². The molecule has 10 heteroatoms. The van der Waals surface area contributed by atoms with Gasteiger partial charge < -0.3 is 38.6 Å². The van der Waals surface area contributed by atoms with Gasteiger partial charge in [-0.15, -0.1) is 0 Å². The zero-order valence-electron chi connectivity index (χ0n) is 19.4. The second-order valence-electron chi connectivity index (χ2n) is 8.77. The standard InChI is InChI=1S/C25H24N2O8/c1-30-18-8-13(9-19(31-2)22(18)32-3)26-23(28)20-16-6-7-25(35-16)11-27(24(29)21(20)25)14-4-5-15-17(10-14)34-12-33-15/h4-10,16,20-21H,11-12H2,1-3H3,(H,26,28)/t16-,20?,21?,25?/m0/s1. The molecule has 0 radical (unpaired) electrons. The van der Waals surface area contributed by atoms with E-state index in [-0.39, 0.29) is 18.6 Å².